The number of hydrogen-bond acceptors (Lipinski definition) is 4. The molecule has 5 nitrogen and oxygen atoms in total. The maximum absolute atomic E-state index is 11.1. The second-order valence-electron chi connectivity index (χ2n) is 13.2. The summed E-state index contributed by atoms with van der Waals surface area (Å²) in [6.45, 7) is 2.11. The smallest absolute Gasteiger partial charge is 0.269 e. The third-order valence-corrected chi connectivity index (χ3v) is 9.66. The lowest BCUT2D eigenvalue weighted by Crippen LogP contribution is -2.10. The summed E-state index contributed by atoms with van der Waals surface area (Å²) in [5.41, 5.74) is 14.3. The van der Waals surface area contributed by atoms with Gasteiger partial charge in [0.15, 0.2) is 0 Å². The highest BCUT2D eigenvalue weighted by atomic mass is 16.6. The van der Waals surface area contributed by atoms with Gasteiger partial charge in [-0.2, -0.15) is 0 Å². The lowest BCUT2D eigenvalue weighted by atomic mass is 10.0. The summed E-state index contributed by atoms with van der Waals surface area (Å²) in [5, 5.41) is 11.1. The van der Waals surface area contributed by atoms with Gasteiger partial charge in [0.2, 0.25) is 0 Å². The van der Waals surface area contributed by atoms with Crippen molar-refractivity contribution < 1.29 is 4.92 Å². The number of rotatable bonds is 10. The number of aryl methyl sites for hydroxylation is 1. The standard InChI is InChI=1S/C49H37N3O2/c1-36-12-14-37(15-13-36)38-16-26-45(27-17-38)50(43-8-4-2-5-9-43)46-28-18-39(19-29-46)40-20-30-47(31-21-40)51(44-10-6-3-7-11-44)48-32-22-41(23-33-48)42-24-34-49(35-25-42)52(53)54/h2-35H,1H3. The number of para-hydroxylation sites is 2. The van der Waals surface area contributed by atoms with Gasteiger partial charge >= 0.3 is 0 Å². The third-order valence-electron chi connectivity index (χ3n) is 9.66. The van der Waals surface area contributed by atoms with E-state index in [-0.39, 0.29) is 10.6 Å². The first-order valence-corrected chi connectivity index (χ1v) is 17.9. The molecule has 0 heterocycles. The molecule has 0 aromatic heterocycles. The summed E-state index contributed by atoms with van der Waals surface area (Å²) in [5.74, 6) is 0. The van der Waals surface area contributed by atoms with Crippen molar-refractivity contribution in [3.63, 3.8) is 0 Å². The van der Waals surface area contributed by atoms with Crippen LogP contribution in [0.2, 0.25) is 0 Å². The Morgan fingerprint density at radius 1 is 0.333 bits per heavy atom. The molecule has 0 bridgehead atoms. The van der Waals surface area contributed by atoms with Crippen LogP contribution in [-0.2, 0) is 0 Å². The number of benzene rings is 8. The summed E-state index contributed by atoms with van der Waals surface area (Å²) in [6, 6.07) is 70.6. The third kappa shape index (κ3) is 7.25. The molecule has 0 amide bonds. The van der Waals surface area contributed by atoms with Crippen molar-refractivity contribution in [3.8, 4) is 33.4 Å². The van der Waals surface area contributed by atoms with Crippen LogP contribution in [-0.4, -0.2) is 4.92 Å². The molecule has 0 unspecified atom stereocenters. The molecule has 0 radical (unpaired) electrons. The van der Waals surface area contributed by atoms with Crippen molar-refractivity contribution in [2.75, 3.05) is 9.80 Å². The molecule has 0 atom stereocenters. The number of hydrogen-bond donors (Lipinski definition) is 0. The number of nitro benzene ring substituents is 1. The van der Waals surface area contributed by atoms with Gasteiger partial charge in [-0.1, -0.05) is 115 Å². The summed E-state index contributed by atoms with van der Waals surface area (Å²) in [7, 11) is 0. The maximum atomic E-state index is 11.1. The fraction of sp³-hybridized carbons (Fsp3) is 0.0204. The van der Waals surface area contributed by atoms with E-state index in [1.54, 1.807) is 24.3 Å². The maximum Gasteiger partial charge on any atom is 0.269 e. The summed E-state index contributed by atoms with van der Waals surface area (Å²) in [4.78, 5) is 15.3. The van der Waals surface area contributed by atoms with E-state index in [0.717, 1.165) is 56.4 Å². The Hall–Kier alpha value is -7.24. The monoisotopic (exact) mass is 699 g/mol. The molecule has 0 aliphatic heterocycles. The number of nitrogens with zero attached hydrogens (tertiary/aromatic N) is 3. The zero-order valence-electron chi connectivity index (χ0n) is 29.8. The van der Waals surface area contributed by atoms with Gasteiger partial charge in [-0.25, -0.2) is 0 Å². The lowest BCUT2D eigenvalue weighted by Gasteiger charge is -2.26. The Kier molecular flexibility index (Phi) is 9.51. The molecule has 0 aliphatic carbocycles. The summed E-state index contributed by atoms with van der Waals surface area (Å²) >= 11 is 0. The van der Waals surface area contributed by atoms with Crippen LogP contribution >= 0.6 is 0 Å². The minimum absolute atomic E-state index is 0.0826. The fourth-order valence-corrected chi connectivity index (χ4v) is 6.78. The van der Waals surface area contributed by atoms with Crippen LogP contribution in [0, 0.1) is 17.0 Å². The van der Waals surface area contributed by atoms with E-state index < -0.39 is 0 Å². The van der Waals surface area contributed by atoms with E-state index in [1.807, 2.05) is 24.3 Å². The normalized spacial score (nSPS) is 10.8. The van der Waals surface area contributed by atoms with Gasteiger partial charge in [0.25, 0.3) is 5.69 Å². The highest BCUT2D eigenvalue weighted by Crippen LogP contribution is 2.39. The van der Waals surface area contributed by atoms with Crippen molar-refractivity contribution in [1.82, 2.24) is 0 Å². The Morgan fingerprint density at radius 2 is 0.574 bits per heavy atom. The van der Waals surface area contributed by atoms with Crippen molar-refractivity contribution in [3.05, 3.63) is 222 Å². The van der Waals surface area contributed by atoms with Crippen molar-refractivity contribution in [2.24, 2.45) is 0 Å². The molecule has 5 heteroatoms. The Bertz CT molecular complexity index is 2460. The van der Waals surface area contributed by atoms with Gasteiger partial charge < -0.3 is 9.80 Å². The van der Waals surface area contributed by atoms with Crippen LogP contribution in [0.1, 0.15) is 5.56 Å². The number of anilines is 6. The molecule has 8 aromatic carbocycles. The van der Waals surface area contributed by atoms with Crippen LogP contribution in [0.15, 0.2) is 206 Å². The van der Waals surface area contributed by atoms with Crippen molar-refractivity contribution in [2.45, 2.75) is 6.92 Å². The van der Waals surface area contributed by atoms with Gasteiger partial charge in [0.05, 0.1) is 4.92 Å². The van der Waals surface area contributed by atoms with E-state index in [1.165, 1.54) is 16.7 Å². The Morgan fingerprint density at radius 3 is 0.852 bits per heavy atom. The summed E-state index contributed by atoms with van der Waals surface area (Å²) < 4.78 is 0. The van der Waals surface area contributed by atoms with Crippen molar-refractivity contribution >= 4 is 39.8 Å². The van der Waals surface area contributed by atoms with E-state index in [9.17, 15) is 10.1 Å². The lowest BCUT2D eigenvalue weighted by molar-refractivity contribution is -0.384. The molecule has 0 spiro atoms. The first kappa shape index (κ1) is 33.9. The molecular weight excluding hydrogens is 663 g/mol. The van der Waals surface area contributed by atoms with Crippen LogP contribution in [0.3, 0.4) is 0 Å². The second kappa shape index (κ2) is 15.2. The van der Waals surface area contributed by atoms with Crippen LogP contribution in [0.25, 0.3) is 33.4 Å². The molecule has 0 saturated heterocycles. The molecule has 0 fully saturated rings. The van der Waals surface area contributed by atoms with Crippen molar-refractivity contribution in [1.29, 1.82) is 0 Å². The quantitative estimate of drug-likeness (QED) is 0.105. The first-order chi connectivity index (χ1) is 26.5. The largest absolute Gasteiger partial charge is 0.311 e. The Balaban J connectivity index is 1.06. The molecule has 260 valence electrons. The predicted molar refractivity (Wildman–Crippen MR) is 224 cm³/mol. The minimum atomic E-state index is -0.377. The SMILES string of the molecule is Cc1ccc(-c2ccc(N(c3ccccc3)c3ccc(-c4ccc(N(c5ccccc5)c5ccc(-c6ccc([N+](=O)[O-])cc6)cc5)cc4)cc3)cc2)cc1. The topological polar surface area (TPSA) is 49.6 Å². The van der Waals surface area contributed by atoms with Gasteiger partial charge in [-0.3, -0.25) is 10.1 Å². The zero-order chi connectivity index (χ0) is 36.9. The van der Waals surface area contributed by atoms with Gasteiger partial charge in [-0.05, 0) is 125 Å². The molecule has 0 aliphatic rings. The zero-order valence-corrected chi connectivity index (χ0v) is 29.8. The minimum Gasteiger partial charge on any atom is -0.311 e. The average molecular weight is 700 g/mol. The van der Waals surface area contributed by atoms with Gasteiger partial charge in [-0.15, -0.1) is 0 Å². The second-order valence-corrected chi connectivity index (χ2v) is 13.2. The Labute approximate surface area is 315 Å². The highest BCUT2D eigenvalue weighted by Gasteiger charge is 2.15. The summed E-state index contributed by atoms with van der Waals surface area (Å²) in [6.07, 6.45) is 0. The molecular formula is C49H37N3O2. The van der Waals surface area contributed by atoms with E-state index in [4.69, 9.17) is 0 Å². The van der Waals surface area contributed by atoms with Crippen LogP contribution < -0.4 is 9.80 Å². The first-order valence-electron chi connectivity index (χ1n) is 17.9. The van der Waals surface area contributed by atoms with E-state index >= 15 is 0 Å². The average Bonchev–Trinajstić information content (AvgIpc) is 3.23. The molecule has 0 saturated carbocycles. The van der Waals surface area contributed by atoms with Crippen LogP contribution in [0.4, 0.5) is 39.8 Å². The van der Waals surface area contributed by atoms with Crippen LogP contribution in [0.5, 0.6) is 0 Å². The number of nitro groups is 1. The molecule has 54 heavy (non-hydrogen) atoms. The molecule has 8 aromatic rings. The molecule has 8 rings (SSSR count). The van der Waals surface area contributed by atoms with E-state index in [2.05, 4.69) is 174 Å². The highest BCUT2D eigenvalue weighted by molar-refractivity contribution is 5.82. The fourth-order valence-electron chi connectivity index (χ4n) is 6.78. The van der Waals surface area contributed by atoms with Gasteiger partial charge in [0.1, 0.15) is 0 Å². The van der Waals surface area contributed by atoms with E-state index in [0.29, 0.717) is 0 Å². The number of non-ortho nitro benzene ring substituents is 1. The predicted octanol–water partition coefficient (Wildman–Crippen LogP) is 13.8. The molecule has 0 N–H and O–H groups in total. The van der Waals surface area contributed by atoms with Gasteiger partial charge in [0, 0.05) is 46.3 Å².